The van der Waals surface area contributed by atoms with E-state index in [1.807, 2.05) is 0 Å². The highest BCUT2D eigenvalue weighted by atomic mass is 19.4. The van der Waals surface area contributed by atoms with Gasteiger partial charge in [-0.15, -0.1) is 0 Å². The molecule has 0 saturated carbocycles. The number of alkyl halides is 6. The first kappa shape index (κ1) is 23.1. The van der Waals surface area contributed by atoms with Gasteiger partial charge in [0.1, 0.15) is 6.04 Å². The van der Waals surface area contributed by atoms with Crippen molar-refractivity contribution in [1.82, 2.24) is 24.9 Å². The van der Waals surface area contributed by atoms with Gasteiger partial charge in [-0.05, 0) is 37.7 Å². The highest BCUT2D eigenvalue weighted by Crippen LogP contribution is 2.37. The monoisotopic (exact) mass is 451 g/mol. The van der Waals surface area contributed by atoms with Crippen molar-refractivity contribution in [3.63, 3.8) is 0 Å². The van der Waals surface area contributed by atoms with Gasteiger partial charge < -0.3 is 5.32 Å². The van der Waals surface area contributed by atoms with Crippen LogP contribution in [0, 0.1) is 5.92 Å². The summed E-state index contributed by atoms with van der Waals surface area (Å²) in [5, 5.41) is 9.88. The predicted molar refractivity (Wildman–Crippen MR) is 98.0 cm³/mol. The number of nitrogens with one attached hydrogen (secondary N) is 1. The summed E-state index contributed by atoms with van der Waals surface area (Å²) in [4.78, 5) is 12.7. The van der Waals surface area contributed by atoms with Gasteiger partial charge in [-0.25, -0.2) is 0 Å². The first-order chi connectivity index (χ1) is 14.4. The van der Waals surface area contributed by atoms with Crippen molar-refractivity contribution in [2.45, 2.75) is 64.5 Å². The standard InChI is InChI=1S/C19H23F6N5O/c1-3-13(30-14-6-4-5-12(14)16(28-30)19(23,24)25)17(31)26-9-11(2)10-29-8-7-15(27-29)18(20,21)22/h7-8,11,13H,3-6,9-10H2,1-2H3,(H,26,31). The molecule has 1 aliphatic carbocycles. The molecule has 2 atom stereocenters. The molecule has 0 fully saturated rings. The number of hydrogen-bond acceptors (Lipinski definition) is 3. The molecule has 3 rings (SSSR count). The van der Waals surface area contributed by atoms with Crippen LogP contribution in [0.25, 0.3) is 0 Å². The maximum Gasteiger partial charge on any atom is 0.435 e. The maximum absolute atomic E-state index is 13.3. The number of rotatable bonds is 7. The molecular weight excluding hydrogens is 428 g/mol. The Morgan fingerprint density at radius 3 is 2.45 bits per heavy atom. The average molecular weight is 451 g/mol. The smallest absolute Gasteiger partial charge is 0.354 e. The number of amides is 1. The van der Waals surface area contributed by atoms with Crippen molar-refractivity contribution in [2.75, 3.05) is 6.54 Å². The van der Waals surface area contributed by atoms with Crippen molar-refractivity contribution in [1.29, 1.82) is 0 Å². The van der Waals surface area contributed by atoms with Crippen molar-refractivity contribution in [3.05, 3.63) is 34.9 Å². The van der Waals surface area contributed by atoms with E-state index < -0.39 is 35.7 Å². The summed E-state index contributed by atoms with van der Waals surface area (Å²) in [7, 11) is 0. The second kappa shape index (κ2) is 8.54. The lowest BCUT2D eigenvalue weighted by molar-refractivity contribution is -0.143. The van der Waals surface area contributed by atoms with Crippen LogP contribution in [0.1, 0.15) is 55.4 Å². The van der Waals surface area contributed by atoms with Gasteiger partial charge in [-0.2, -0.15) is 36.5 Å². The zero-order valence-electron chi connectivity index (χ0n) is 17.0. The van der Waals surface area contributed by atoms with E-state index in [-0.39, 0.29) is 37.4 Å². The fourth-order valence-electron chi connectivity index (χ4n) is 3.81. The van der Waals surface area contributed by atoms with Crippen LogP contribution in [-0.4, -0.2) is 32.0 Å². The van der Waals surface area contributed by atoms with Gasteiger partial charge in [-0.1, -0.05) is 13.8 Å². The molecule has 2 aromatic rings. The number of carbonyl (C=O) groups excluding carboxylic acids is 1. The fraction of sp³-hybridized carbons (Fsp3) is 0.632. The lowest BCUT2D eigenvalue weighted by Gasteiger charge is -2.20. The van der Waals surface area contributed by atoms with E-state index in [1.165, 1.54) is 10.9 Å². The van der Waals surface area contributed by atoms with Gasteiger partial charge in [0.05, 0.1) is 0 Å². The molecular formula is C19H23F6N5O. The zero-order chi connectivity index (χ0) is 23.0. The first-order valence-corrected chi connectivity index (χ1v) is 9.97. The third-order valence-electron chi connectivity index (χ3n) is 5.27. The summed E-state index contributed by atoms with van der Waals surface area (Å²) in [6.45, 7) is 3.69. The minimum absolute atomic E-state index is 0.131. The molecule has 0 bridgehead atoms. The van der Waals surface area contributed by atoms with E-state index >= 15 is 0 Å². The predicted octanol–water partition coefficient (Wildman–Crippen LogP) is 4.01. The van der Waals surface area contributed by atoms with Crippen LogP contribution in [0.5, 0.6) is 0 Å². The van der Waals surface area contributed by atoms with Crippen molar-refractivity contribution in [3.8, 4) is 0 Å². The second-order valence-corrected chi connectivity index (χ2v) is 7.76. The Hall–Kier alpha value is -2.53. The molecule has 1 aliphatic rings. The third kappa shape index (κ3) is 5.04. The van der Waals surface area contributed by atoms with Gasteiger partial charge in [0.2, 0.25) is 5.91 Å². The van der Waals surface area contributed by atoms with E-state index in [0.29, 0.717) is 18.5 Å². The molecule has 1 N–H and O–H groups in total. The molecule has 0 spiro atoms. The van der Waals surface area contributed by atoms with E-state index in [1.54, 1.807) is 13.8 Å². The quantitative estimate of drug-likeness (QED) is 0.647. The minimum atomic E-state index is -4.58. The summed E-state index contributed by atoms with van der Waals surface area (Å²) in [6, 6.07) is -0.0220. The molecule has 2 aromatic heterocycles. The molecule has 2 unspecified atom stereocenters. The van der Waals surface area contributed by atoms with Gasteiger partial charge in [0, 0.05) is 30.5 Å². The zero-order valence-corrected chi connectivity index (χ0v) is 17.0. The molecule has 0 radical (unpaired) electrons. The fourth-order valence-corrected chi connectivity index (χ4v) is 3.81. The lowest BCUT2D eigenvalue weighted by atomic mass is 10.1. The molecule has 2 heterocycles. The Morgan fingerprint density at radius 2 is 1.87 bits per heavy atom. The first-order valence-electron chi connectivity index (χ1n) is 9.97. The number of nitrogens with zero attached hydrogens (tertiary/aromatic N) is 4. The van der Waals surface area contributed by atoms with E-state index in [9.17, 15) is 31.1 Å². The Balaban J connectivity index is 1.65. The number of fused-ring (bicyclic) bond motifs is 1. The van der Waals surface area contributed by atoms with Gasteiger partial charge >= 0.3 is 12.4 Å². The topological polar surface area (TPSA) is 64.7 Å². The summed E-state index contributed by atoms with van der Waals surface area (Å²) < 4.78 is 80.2. The average Bonchev–Trinajstić information content (AvgIpc) is 3.36. The summed E-state index contributed by atoms with van der Waals surface area (Å²) in [6.07, 6.45) is -6.36. The highest BCUT2D eigenvalue weighted by Gasteiger charge is 2.41. The van der Waals surface area contributed by atoms with Crippen molar-refractivity contribution < 1.29 is 31.1 Å². The molecule has 0 saturated heterocycles. The largest absolute Gasteiger partial charge is 0.435 e. The van der Waals surface area contributed by atoms with Gasteiger partial charge in [0.25, 0.3) is 0 Å². The van der Waals surface area contributed by atoms with Crippen LogP contribution in [0.4, 0.5) is 26.3 Å². The van der Waals surface area contributed by atoms with Gasteiger partial charge in [-0.3, -0.25) is 14.2 Å². The summed E-state index contributed by atoms with van der Waals surface area (Å²) in [5.41, 5.74) is -1.33. The van der Waals surface area contributed by atoms with E-state index in [0.717, 1.165) is 10.7 Å². The van der Waals surface area contributed by atoms with Gasteiger partial charge in [0.15, 0.2) is 11.4 Å². The number of hydrogen-bond donors (Lipinski definition) is 1. The normalized spacial score (nSPS) is 16.3. The van der Waals surface area contributed by atoms with Crippen LogP contribution < -0.4 is 5.32 Å². The van der Waals surface area contributed by atoms with Crippen LogP contribution in [0.3, 0.4) is 0 Å². The maximum atomic E-state index is 13.3. The number of aromatic nitrogens is 4. The molecule has 0 aromatic carbocycles. The third-order valence-corrected chi connectivity index (χ3v) is 5.27. The van der Waals surface area contributed by atoms with Crippen LogP contribution in [0.2, 0.25) is 0 Å². The van der Waals surface area contributed by atoms with E-state index in [4.69, 9.17) is 0 Å². The molecule has 172 valence electrons. The van der Waals surface area contributed by atoms with E-state index in [2.05, 4.69) is 15.5 Å². The Bertz CT molecular complexity index is 929. The van der Waals surface area contributed by atoms with Crippen LogP contribution in [-0.2, 0) is 36.5 Å². The number of carbonyl (C=O) groups is 1. The molecule has 31 heavy (non-hydrogen) atoms. The Labute approximate surface area is 174 Å². The number of halogens is 6. The Kier molecular flexibility index (Phi) is 6.38. The SMILES string of the molecule is CCC(C(=O)NCC(C)Cn1ccc(C(F)(F)F)n1)n1nc(C(F)(F)F)c2c1CCC2. The summed E-state index contributed by atoms with van der Waals surface area (Å²) >= 11 is 0. The van der Waals surface area contributed by atoms with Crippen LogP contribution in [0.15, 0.2) is 12.3 Å². The summed E-state index contributed by atoms with van der Waals surface area (Å²) in [5.74, 6) is -0.728. The molecule has 1 amide bonds. The molecule has 0 aliphatic heterocycles. The molecule has 12 heteroatoms. The minimum Gasteiger partial charge on any atom is -0.354 e. The molecule has 6 nitrogen and oxygen atoms in total. The van der Waals surface area contributed by atoms with Crippen molar-refractivity contribution in [2.24, 2.45) is 5.92 Å². The second-order valence-electron chi connectivity index (χ2n) is 7.76. The van der Waals surface area contributed by atoms with Crippen LogP contribution >= 0.6 is 0 Å². The Morgan fingerprint density at radius 1 is 1.16 bits per heavy atom. The van der Waals surface area contributed by atoms with Crippen molar-refractivity contribution >= 4 is 5.91 Å². The lowest BCUT2D eigenvalue weighted by Crippen LogP contribution is -2.37. The highest BCUT2D eigenvalue weighted by molar-refractivity contribution is 5.80.